The maximum atomic E-state index is 4.20. The third kappa shape index (κ3) is 4.41. The van der Waals surface area contributed by atoms with Gasteiger partial charge < -0.3 is 0 Å². The van der Waals surface area contributed by atoms with Crippen LogP contribution in [0.3, 0.4) is 0 Å². The van der Waals surface area contributed by atoms with Crippen LogP contribution in [0.15, 0.2) is 18.3 Å². The van der Waals surface area contributed by atoms with Gasteiger partial charge in [-0.15, -0.1) is 0 Å². The summed E-state index contributed by atoms with van der Waals surface area (Å²) in [5.74, 6) is 0.607. The summed E-state index contributed by atoms with van der Waals surface area (Å²) in [7, 11) is 0. The summed E-state index contributed by atoms with van der Waals surface area (Å²) in [4.78, 5) is 0. The Morgan fingerprint density at radius 3 is 2.67 bits per heavy atom. The molecule has 1 heterocycles. The second kappa shape index (κ2) is 7.38. The summed E-state index contributed by atoms with van der Waals surface area (Å²) < 4.78 is 0. The lowest BCUT2D eigenvalue weighted by Gasteiger charge is -2.12. The molecule has 0 radical (unpaired) electrons. The molecule has 2 heteroatoms. The van der Waals surface area contributed by atoms with Crippen molar-refractivity contribution < 1.29 is 0 Å². The molecule has 15 heavy (non-hydrogen) atoms. The predicted octanol–water partition coefficient (Wildman–Crippen LogP) is 3.94. The van der Waals surface area contributed by atoms with Gasteiger partial charge >= 0.3 is 0 Å². The molecule has 0 saturated carbocycles. The third-order valence-electron chi connectivity index (χ3n) is 2.91. The highest BCUT2D eigenvalue weighted by atomic mass is 15.1. The molecule has 1 aromatic rings. The first-order chi connectivity index (χ1) is 7.38. The van der Waals surface area contributed by atoms with Gasteiger partial charge in [-0.25, -0.2) is 0 Å². The molecular formula is C13H22N2. The fraction of sp³-hybridized carbons (Fsp3) is 0.692. The minimum atomic E-state index is 0.607. The molecule has 0 saturated heterocycles. The minimum absolute atomic E-state index is 0.607. The van der Waals surface area contributed by atoms with E-state index in [9.17, 15) is 0 Å². The molecule has 0 aliphatic heterocycles. The predicted molar refractivity (Wildman–Crippen MR) is 63.8 cm³/mol. The maximum absolute atomic E-state index is 4.20. The van der Waals surface area contributed by atoms with Crippen LogP contribution in [0.25, 0.3) is 0 Å². The van der Waals surface area contributed by atoms with Gasteiger partial charge in [0, 0.05) is 12.1 Å². The van der Waals surface area contributed by atoms with Crippen LogP contribution in [-0.2, 0) is 0 Å². The van der Waals surface area contributed by atoms with Crippen molar-refractivity contribution in [2.45, 2.75) is 58.3 Å². The molecule has 1 atom stereocenters. The first kappa shape index (κ1) is 12.2. The van der Waals surface area contributed by atoms with Gasteiger partial charge in [-0.1, -0.05) is 39.5 Å². The summed E-state index contributed by atoms with van der Waals surface area (Å²) >= 11 is 0. The van der Waals surface area contributed by atoms with Crippen molar-refractivity contribution in [3.63, 3.8) is 0 Å². The van der Waals surface area contributed by atoms with E-state index in [-0.39, 0.29) is 0 Å². The van der Waals surface area contributed by atoms with Crippen LogP contribution >= 0.6 is 0 Å². The Kier molecular flexibility index (Phi) is 5.98. The van der Waals surface area contributed by atoms with Gasteiger partial charge in [0.05, 0.1) is 5.69 Å². The number of nitrogens with zero attached hydrogens (tertiary/aromatic N) is 2. The average molecular weight is 206 g/mol. The van der Waals surface area contributed by atoms with Crippen LogP contribution < -0.4 is 0 Å². The van der Waals surface area contributed by atoms with Crippen molar-refractivity contribution in [3.8, 4) is 0 Å². The molecule has 0 fully saturated rings. The van der Waals surface area contributed by atoms with E-state index in [2.05, 4.69) is 30.1 Å². The number of hydrogen-bond acceptors (Lipinski definition) is 2. The van der Waals surface area contributed by atoms with E-state index in [4.69, 9.17) is 0 Å². The quantitative estimate of drug-likeness (QED) is 0.631. The van der Waals surface area contributed by atoms with Crippen LogP contribution in [0.1, 0.15) is 64.0 Å². The van der Waals surface area contributed by atoms with E-state index >= 15 is 0 Å². The molecule has 0 aliphatic rings. The highest BCUT2D eigenvalue weighted by Crippen LogP contribution is 2.23. The largest absolute Gasteiger partial charge is 0.159 e. The number of rotatable bonds is 7. The average Bonchev–Trinajstić information content (AvgIpc) is 2.30. The van der Waals surface area contributed by atoms with Crippen molar-refractivity contribution in [2.75, 3.05) is 0 Å². The second-order valence-corrected chi connectivity index (χ2v) is 4.10. The zero-order chi connectivity index (χ0) is 10.9. The Morgan fingerprint density at radius 2 is 2.07 bits per heavy atom. The zero-order valence-corrected chi connectivity index (χ0v) is 9.95. The van der Waals surface area contributed by atoms with Crippen LogP contribution in [0.4, 0.5) is 0 Å². The Bertz CT molecular complexity index is 246. The first-order valence-electron chi connectivity index (χ1n) is 6.16. The smallest absolute Gasteiger partial charge is 0.0661 e. The summed E-state index contributed by atoms with van der Waals surface area (Å²) in [5.41, 5.74) is 1.16. The van der Waals surface area contributed by atoms with E-state index < -0.39 is 0 Å². The Labute approximate surface area is 93.1 Å². The minimum Gasteiger partial charge on any atom is -0.159 e. The van der Waals surface area contributed by atoms with Crippen LogP contribution in [0.5, 0.6) is 0 Å². The molecule has 0 bridgehead atoms. The van der Waals surface area contributed by atoms with E-state index in [1.54, 1.807) is 6.20 Å². The van der Waals surface area contributed by atoms with Gasteiger partial charge in [-0.3, -0.25) is 0 Å². The summed E-state index contributed by atoms with van der Waals surface area (Å²) in [6, 6.07) is 4.08. The molecule has 1 rings (SSSR count). The molecule has 0 spiro atoms. The van der Waals surface area contributed by atoms with Crippen LogP contribution in [-0.4, -0.2) is 10.2 Å². The summed E-state index contributed by atoms with van der Waals surface area (Å²) in [6.45, 7) is 4.49. The molecule has 84 valence electrons. The van der Waals surface area contributed by atoms with Crippen molar-refractivity contribution in [2.24, 2.45) is 0 Å². The summed E-state index contributed by atoms with van der Waals surface area (Å²) in [5, 5.41) is 8.15. The van der Waals surface area contributed by atoms with Crippen molar-refractivity contribution in [1.29, 1.82) is 0 Å². The van der Waals surface area contributed by atoms with Gasteiger partial charge in [-0.05, 0) is 25.0 Å². The van der Waals surface area contributed by atoms with Crippen LogP contribution in [0, 0.1) is 0 Å². The molecule has 0 aromatic carbocycles. The van der Waals surface area contributed by atoms with Gasteiger partial charge in [-0.2, -0.15) is 10.2 Å². The van der Waals surface area contributed by atoms with Crippen molar-refractivity contribution in [1.82, 2.24) is 10.2 Å². The fourth-order valence-electron chi connectivity index (χ4n) is 1.91. The van der Waals surface area contributed by atoms with Gasteiger partial charge in [0.25, 0.3) is 0 Å². The van der Waals surface area contributed by atoms with Gasteiger partial charge in [0.1, 0.15) is 0 Å². The first-order valence-corrected chi connectivity index (χ1v) is 6.16. The lowest BCUT2D eigenvalue weighted by Crippen LogP contribution is -2.01. The number of hydrogen-bond donors (Lipinski definition) is 0. The molecule has 1 aromatic heterocycles. The summed E-state index contributed by atoms with van der Waals surface area (Å²) in [6.07, 6.45) is 9.52. The third-order valence-corrected chi connectivity index (χ3v) is 2.91. The standard InChI is InChI=1S/C13H22N2/c1-3-5-6-7-9-12(4-2)13-10-8-11-14-15-13/h8,10-12H,3-7,9H2,1-2H3. The second-order valence-electron chi connectivity index (χ2n) is 4.10. The van der Waals surface area contributed by atoms with Crippen molar-refractivity contribution >= 4 is 0 Å². The lowest BCUT2D eigenvalue weighted by atomic mass is 9.95. The van der Waals surface area contributed by atoms with Gasteiger partial charge in [0.15, 0.2) is 0 Å². The Balaban J connectivity index is 2.36. The highest BCUT2D eigenvalue weighted by Gasteiger charge is 2.09. The topological polar surface area (TPSA) is 25.8 Å². The lowest BCUT2D eigenvalue weighted by molar-refractivity contribution is 0.529. The molecule has 1 unspecified atom stereocenters. The van der Waals surface area contributed by atoms with Crippen LogP contribution in [0.2, 0.25) is 0 Å². The number of unbranched alkanes of at least 4 members (excludes halogenated alkanes) is 3. The van der Waals surface area contributed by atoms with Gasteiger partial charge in [0.2, 0.25) is 0 Å². The van der Waals surface area contributed by atoms with E-state index in [1.807, 2.05) is 6.07 Å². The monoisotopic (exact) mass is 206 g/mol. The SMILES string of the molecule is CCCCCCC(CC)c1cccnn1. The fourth-order valence-corrected chi connectivity index (χ4v) is 1.91. The normalized spacial score (nSPS) is 12.7. The highest BCUT2D eigenvalue weighted by molar-refractivity contribution is 5.05. The molecular weight excluding hydrogens is 184 g/mol. The van der Waals surface area contributed by atoms with E-state index in [1.165, 1.54) is 38.5 Å². The maximum Gasteiger partial charge on any atom is 0.0661 e. The van der Waals surface area contributed by atoms with Crippen molar-refractivity contribution in [3.05, 3.63) is 24.0 Å². The Hall–Kier alpha value is -0.920. The van der Waals surface area contributed by atoms with E-state index in [0.717, 1.165) is 5.69 Å². The Morgan fingerprint density at radius 1 is 1.20 bits per heavy atom. The zero-order valence-electron chi connectivity index (χ0n) is 9.95. The molecule has 0 amide bonds. The molecule has 0 aliphatic carbocycles. The number of aromatic nitrogens is 2. The molecule has 0 N–H and O–H groups in total. The molecule has 2 nitrogen and oxygen atoms in total. The van der Waals surface area contributed by atoms with E-state index in [0.29, 0.717) is 5.92 Å².